The Hall–Kier alpha value is -1.95. The summed E-state index contributed by atoms with van der Waals surface area (Å²) in [4.78, 5) is 78.5. The number of carbonyl (C=O) groups excluding carboxylic acids is 3. The van der Waals surface area contributed by atoms with Crippen molar-refractivity contribution in [3.8, 4) is 0 Å². The summed E-state index contributed by atoms with van der Waals surface area (Å²) in [7, 11) is 0. The number of alkyl carbamates (subject to hydrolysis) is 3. The van der Waals surface area contributed by atoms with Crippen LogP contribution in [-0.2, 0) is 71.5 Å². The fourth-order valence-electron chi connectivity index (χ4n) is 9.43. The van der Waals surface area contributed by atoms with E-state index < -0.39 is 53.7 Å². The monoisotopic (exact) mass is 1320 g/mol. The third-order valence-electron chi connectivity index (χ3n) is 13.1. The van der Waals surface area contributed by atoms with Gasteiger partial charge < -0.3 is 67.8 Å². The van der Waals surface area contributed by atoms with Crippen molar-refractivity contribution in [2.75, 3.05) is 59.3 Å². The van der Waals surface area contributed by atoms with Gasteiger partial charge >= 0.3 is 35.3 Å². The molecule has 1 aromatic rings. The number of aromatic nitrogens is 3. The highest BCUT2D eigenvalue weighted by atomic mass is 127. The largest absolute Gasteiger partial charge is 0.441 e. The molecule has 3 N–H and O–H groups in total. The number of fused-ring (bicyclic) bond motifs is 3. The third-order valence-corrected chi connectivity index (χ3v) is 15.1. The molecular weight excluding hydrogens is 1260 g/mol. The van der Waals surface area contributed by atoms with Crippen LogP contribution in [0.15, 0.2) is 14.4 Å². The Bertz CT molecular complexity index is 1770. The van der Waals surface area contributed by atoms with Gasteiger partial charge in [-0.05, 0) is 38.5 Å². The van der Waals surface area contributed by atoms with Crippen molar-refractivity contribution in [2.24, 2.45) is 0 Å². The second-order valence-electron chi connectivity index (χ2n) is 17.8. The number of amides is 3. The standard InChI is InChI=1S/C42H63I3N6O18/c43-67-28-22-61-31-25(19-58-34(28)31)64-37(52)46-13-7-1-4-10-16-49-40(55)50(17-11-5-2-8-14-47-38(53)65-26-20-59-35-29(68-44)23-62-32(26)35)42(57)51(41(49)56)18-12-6-3-9-15-48-39(54)66-27-21-60-36-30(69-45)24-63-33(27)36/h25-36H,1-24H2,(H,46,52)(H,47,53)(H,48,54)/t25-,26-,27+,28+,29+,30-,31-,32-,33-,34-,35-,36-/m0/s1. The van der Waals surface area contributed by atoms with E-state index in [1.807, 2.05) is 69.0 Å². The van der Waals surface area contributed by atoms with Crippen LogP contribution in [0.5, 0.6) is 0 Å². The number of unbranched alkanes of at least 4 members (excludes halogenated alkanes) is 9. The van der Waals surface area contributed by atoms with E-state index in [9.17, 15) is 28.8 Å². The normalized spacial score (nSPS) is 30.0. The van der Waals surface area contributed by atoms with Gasteiger partial charge in [-0.15, -0.1) is 0 Å². The van der Waals surface area contributed by atoms with E-state index in [-0.39, 0.29) is 94.4 Å². The Kier molecular flexibility index (Phi) is 22.2. The quantitative estimate of drug-likeness (QED) is 0.0650. The van der Waals surface area contributed by atoms with E-state index in [4.69, 9.17) is 51.8 Å². The second kappa shape index (κ2) is 27.9. The molecule has 24 nitrogen and oxygen atoms in total. The Balaban J connectivity index is 0.826. The molecule has 7 heterocycles. The molecule has 0 aromatic carbocycles. The van der Waals surface area contributed by atoms with Gasteiger partial charge in [-0.3, -0.25) is 0 Å². The minimum absolute atomic E-state index is 0.128. The zero-order chi connectivity index (χ0) is 48.7. The third kappa shape index (κ3) is 14.6. The van der Waals surface area contributed by atoms with Crippen LogP contribution in [0.4, 0.5) is 14.4 Å². The van der Waals surface area contributed by atoms with Gasteiger partial charge in [0.25, 0.3) is 0 Å². The van der Waals surface area contributed by atoms with Crippen LogP contribution in [0.1, 0.15) is 77.0 Å². The summed E-state index contributed by atoms with van der Waals surface area (Å²) >= 11 is 5.44. The maximum absolute atomic E-state index is 13.7. The maximum atomic E-state index is 13.7. The first kappa shape index (κ1) is 54.8. The number of nitrogens with one attached hydrogen (secondary N) is 3. The van der Waals surface area contributed by atoms with Crippen molar-refractivity contribution in [3.05, 3.63) is 31.5 Å². The van der Waals surface area contributed by atoms with Crippen LogP contribution < -0.4 is 33.0 Å². The maximum Gasteiger partial charge on any atom is 0.407 e. The van der Waals surface area contributed by atoms with E-state index in [2.05, 4.69) is 16.0 Å². The minimum Gasteiger partial charge on any atom is -0.441 e. The van der Waals surface area contributed by atoms with E-state index in [1.54, 1.807) is 0 Å². The SMILES string of the molecule is O=C(NCCCCCCn1c(=O)n(CCCCCCNC(=O)O[C@H]2CO[C@@H]3[C@H]2OC[C@H]3OI)c(=O)n(CCCCCCNC(=O)O[C@@H]2CO[C@@H]3[C@H]2OC[C@@H]3OI)c1=O)O[C@H]1CO[C@@H]2[C@H]1OC[C@H]2OI. The number of hydrogen-bond acceptors (Lipinski definition) is 18. The van der Waals surface area contributed by atoms with Crippen molar-refractivity contribution in [3.63, 3.8) is 0 Å². The van der Waals surface area contributed by atoms with Crippen molar-refractivity contribution < 1.29 is 66.2 Å². The lowest BCUT2D eigenvalue weighted by Gasteiger charge is -2.17. The lowest BCUT2D eigenvalue weighted by molar-refractivity contribution is 0.000595. The summed E-state index contributed by atoms with van der Waals surface area (Å²) in [5.74, 6) is 0. The first-order chi connectivity index (χ1) is 33.6. The molecule has 12 atom stereocenters. The predicted octanol–water partition coefficient (Wildman–Crippen LogP) is 2.74. The van der Waals surface area contributed by atoms with Gasteiger partial charge in [0.05, 0.1) is 39.6 Å². The minimum atomic E-state index is -0.646. The molecule has 0 aliphatic carbocycles. The first-order valence-electron chi connectivity index (χ1n) is 23.9. The number of carbonyl (C=O) groups is 3. The van der Waals surface area contributed by atoms with Crippen molar-refractivity contribution in [1.82, 2.24) is 29.7 Å². The molecule has 1 aromatic heterocycles. The molecule has 6 saturated heterocycles. The van der Waals surface area contributed by atoms with E-state index in [0.29, 0.717) is 97.2 Å². The second-order valence-corrected chi connectivity index (χ2v) is 19.4. The van der Waals surface area contributed by atoms with Gasteiger partial charge in [-0.25, -0.2) is 42.5 Å². The lowest BCUT2D eigenvalue weighted by Crippen LogP contribution is -2.54. The predicted molar refractivity (Wildman–Crippen MR) is 265 cm³/mol. The lowest BCUT2D eigenvalue weighted by atomic mass is 10.1. The molecule has 27 heteroatoms. The molecule has 0 unspecified atom stereocenters. The average molecular weight is 1320 g/mol. The molecule has 0 bridgehead atoms. The highest BCUT2D eigenvalue weighted by molar-refractivity contribution is 14.1. The zero-order valence-electron chi connectivity index (χ0n) is 38.2. The highest BCUT2D eigenvalue weighted by Crippen LogP contribution is 2.33. The van der Waals surface area contributed by atoms with Crippen LogP contribution in [0, 0.1) is 0 Å². The molecule has 0 saturated carbocycles. The van der Waals surface area contributed by atoms with Crippen molar-refractivity contribution in [2.45, 2.75) is 170 Å². The summed E-state index contributed by atoms with van der Waals surface area (Å²) in [6.07, 6.45) is 1.90. The number of rotatable bonds is 27. The van der Waals surface area contributed by atoms with E-state index in [0.717, 1.165) is 33.0 Å². The molecule has 0 radical (unpaired) electrons. The molecule has 390 valence electrons. The first-order valence-corrected chi connectivity index (χ1v) is 26.6. The smallest absolute Gasteiger partial charge is 0.407 e. The molecule has 6 aliphatic rings. The van der Waals surface area contributed by atoms with E-state index in [1.165, 1.54) is 0 Å². The molecule has 6 fully saturated rings. The summed E-state index contributed by atoms with van der Waals surface area (Å²) in [5.41, 5.74) is -1.94. The summed E-state index contributed by atoms with van der Waals surface area (Å²) in [5, 5.41) is 8.29. The molecule has 7 rings (SSSR count). The van der Waals surface area contributed by atoms with Crippen LogP contribution in [0.25, 0.3) is 0 Å². The van der Waals surface area contributed by atoms with Crippen molar-refractivity contribution in [1.29, 1.82) is 0 Å². The highest BCUT2D eigenvalue weighted by Gasteiger charge is 2.52. The molecule has 3 amide bonds. The Morgan fingerprint density at radius 3 is 0.884 bits per heavy atom. The fraction of sp³-hybridized carbons (Fsp3) is 0.857. The van der Waals surface area contributed by atoms with Crippen LogP contribution in [0.2, 0.25) is 0 Å². The topological polar surface area (TPSA) is 264 Å². The van der Waals surface area contributed by atoms with Gasteiger partial charge in [0, 0.05) is 39.3 Å². The van der Waals surface area contributed by atoms with Crippen LogP contribution >= 0.6 is 69.0 Å². The average Bonchev–Trinajstić information content (AvgIpc) is 4.21. The molecule has 69 heavy (non-hydrogen) atoms. The molecule has 0 spiro atoms. The van der Waals surface area contributed by atoms with Crippen LogP contribution in [0.3, 0.4) is 0 Å². The molecule has 6 aliphatic heterocycles. The van der Waals surface area contributed by atoms with Gasteiger partial charge in [0.2, 0.25) is 0 Å². The number of ether oxygens (including phenoxy) is 9. The fourth-order valence-corrected chi connectivity index (χ4v) is 10.7. The number of nitrogens with zero attached hydrogens (tertiary/aromatic N) is 3. The summed E-state index contributed by atoms with van der Waals surface area (Å²) in [6, 6.07) is 0. The molecular formula is C42H63I3N6O18. The van der Waals surface area contributed by atoms with Gasteiger partial charge in [0.15, 0.2) is 18.3 Å². The number of halogens is 3. The Labute approximate surface area is 440 Å². The van der Waals surface area contributed by atoms with Crippen LogP contribution in [-0.4, -0.2) is 165 Å². The summed E-state index contributed by atoms with van der Waals surface area (Å²) < 4.78 is 70.3. The number of hydrogen-bond donors (Lipinski definition) is 3. The Morgan fingerprint density at radius 2 is 0.623 bits per heavy atom. The summed E-state index contributed by atoms with van der Waals surface area (Å²) in [6.45, 7) is 3.35. The zero-order valence-corrected chi connectivity index (χ0v) is 44.7. The van der Waals surface area contributed by atoms with Gasteiger partial charge in [-0.1, -0.05) is 38.5 Å². The Morgan fingerprint density at radius 1 is 0.391 bits per heavy atom. The van der Waals surface area contributed by atoms with Crippen molar-refractivity contribution >= 4 is 87.3 Å². The van der Waals surface area contributed by atoms with E-state index >= 15 is 0 Å². The van der Waals surface area contributed by atoms with Gasteiger partial charge in [0.1, 0.15) is 124 Å². The van der Waals surface area contributed by atoms with Gasteiger partial charge in [-0.2, -0.15) is 0 Å².